The zero-order valence-electron chi connectivity index (χ0n) is 13.3. The van der Waals surface area contributed by atoms with E-state index in [1.54, 1.807) is 0 Å². The summed E-state index contributed by atoms with van der Waals surface area (Å²) >= 11 is 1.42. The van der Waals surface area contributed by atoms with Crippen molar-refractivity contribution in [3.63, 3.8) is 0 Å². The van der Waals surface area contributed by atoms with Crippen molar-refractivity contribution in [2.45, 2.75) is 13.0 Å². The topological polar surface area (TPSA) is 75.0 Å². The van der Waals surface area contributed by atoms with E-state index in [0.717, 1.165) is 25.0 Å². The van der Waals surface area contributed by atoms with E-state index in [4.69, 9.17) is 5.73 Å². The average Bonchev–Trinajstić information content (AvgIpc) is 3.03. The largest absolute Gasteiger partial charge is 0.329 e. The Balaban J connectivity index is 0.00000208. The summed E-state index contributed by atoms with van der Waals surface area (Å²) in [4.78, 5) is 21.7. The number of H-pyrrole nitrogens is 1. The molecule has 2 aromatic heterocycles. The highest BCUT2D eigenvalue weighted by Crippen LogP contribution is 2.14. The molecule has 128 valence electrons. The molecule has 0 atom stereocenters. The van der Waals surface area contributed by atoms with E-state index in [0.29, 0.717) is 23.6 Å². The van der Waals surface area contributed by atoms with Crippen molar-refractivity contribution in [1.82, 2.24) is 14.9 Å². The molecule has 3 rings (SSSR count). The first kappa shape index (κ1) is 18.6. The second-order valence-electron chi connectivity index (χ2n) is 5.45. The number of aromatic amines is 1. The fraction of sp³-hybridized carbons (Fsp3) is 0.294. The number of hydrogen-bond acceptors (Lipinski definition) is 5. The lowest BCUT2D eigenvalue weighted by molar-refractivity contribution is 0.269. The number of halogens is 1. The molecule has 0 bridgehead atoms. The third kappa shape index (κ3) is 4.64. The van der Waals surface area contributed by atoms with Gasteiger partial charge in [-0.25, -0.2) is 4.98 Å². The molecule has 24 heavy (non-hydrogen) atoms. The molecule has 0 amide bonds. The Morgan fingerprint density at radius 3 is 2.71 bits per heavy atom. The van der Waals surface area contributed by atoms with E-state index in [9.17, 15) is 4.79 Å². The minimum atomic E-state index is -0.0595. The highest BCUT2D eigenvalue weighted by atomic mass is 35.5. The van der Waals surface area contributed by atoms with Crippen LogP contribution in [0.1, 0.15) is 11.4 Å². The fourth-order valence-corrected chi connectivity index (χ4v) is 3.32. The number of nitrogens with zero attached hydrogens (tertiary/aromatic N) is 2. The normalized spacial score (nSPS) is 10.9. The molecule has 5 nitrogen and oxygen atoms in total. The maximum atomic E-state index is 12.1. The molecule has 0 aliphatic carbocycles. The second kappa shape index (κ2) is 8.94. The fourth-order valence-electron chi connectivity index (χ4n) is 2.59. The first-order chi connectivity index (χ1) is 11.3. The summed E-state index contributed by atoms with van der Waals surface area (Å²) in [6, 6.07) is 12.2. The molecule has 0 aliphatic heterocycles. The van der Waals surface area contributed by atoms with Crippen molar-refractivity contribution in [2.75, 3.05) is 19.6 Å². The maximum Gasteiger partial charge on any atom is 0.268 e. The number of hydrogen-bond donors (Lipinski definition) is 2. The van der Waals surface area contributed by atoms with Gasteiger partial charge in [-0.3, -0.25) is 9.69 Å². The number of benzene rings is 1. The molecule has 1 aromatic carbocycles. The third-order valence-electron chi connectivity index (χ3n) is 3.74. The molecule has 0 aliphatic rings. The lowest BCUT2D eigenvalue weighted by Crippen LogP contribution is -2.32. The maximum absolute atomic E-state index is 12.1. The molecule has 0 fully saturated rings. The third-order valence-corrected chi connectivity index (χ3v) is 4.64. The summed E-state index contributed by atoms with van der Waals surface area (Å²) in [5.41, 5.74) is 7.73. The SMILES string of the molecule is Cl.NCCN(CCc1ccccc1)Cc1nc2ccsc2c(=O)[nH]1. The summed E-state index contributed by atoms with van der Waals surface area (Å²) in [6.45, 7) is 2.84. The summed E-state index contributed by atoms with van der Waals surface area (Å²) in [5.74, 6) is 0.697. The van der Waals surface area contributed by atoms with Crippen molar-refractivity contribution in [2.24, 2.45) is 5.73 Å². The summed E-state index contributed by atoms with van der Waals surface area (Å²) in [6.07, 6.45) is 0.950. The molecule has 7 heteroatoms. The van der Waals surface area contributed by atoms with Gasteiger partial charge in [0.25, 0.3) is 5.56 Å². The van der Waals surface area contributed by atoms with E-state index in [1.807, 2.05) is 29.6 Å². The van der Waals surface area contributed by atoms with Crippen LogP contribution in [-0.2, 0) is 13.0 Å². The van der Waals surface area contributed by atoms with Gasteiger partial charge < -0.3 is 10.7 Å². The van der Waals surface area contributed by atoms with Gasteiger partial charge in [-0.05, 0) is 23.4 Å². The molecular weight excluding hydrogens is 344 g/mol. The number of thiophene rings is 1. The van der Waals surface area contributed by atoms with Gasteiger partial charge in [-0.1, -0.05) is 30.3 Å². The van der Waals surface area contributed by atoms with E-state index in [2.05, 4.69) is 27.0 Å². The van der Waals surface area contributed by atoms with Crippen molar-refractivity contribution in [3.05, 3.63) is 63.5 Å². The Morgan fingerprint density at radius 1 is 1.17 bits per heavy atom. The van der Waals surface area contributed by atoms with Crippen molar-refractivity contribution in [3.8, 4) is 0 Å². The predicted molar refractivity (Wildman–Crippen MR) is 102 cm³/mol. The van der Waals surface area contributed by atoms with Crippen molar-refractivity contribution in [1.29, 1.82) is 0 Å². The molecule has 0 radical (unpaired) electrons. The van der Waals surface area contributed by atoms with E-state index >= 15 is 0 Å². The lowest BCUT2D eigenvalue weighted by Gasteiger charge is -2.21. The summed E-state index contributed by atoms with van der Waals surface area (Å²) < 4.78 is 0.684. The molecule has 2 heterocycles. The Hall–Kier alpha value is -1.73. The Kier molecular flexibility index (Phi) is 6.93. The van der Waals surface area contributed by atoms with Crippen LogP contribution in [0.2, 0.25) is 0 Å². The number of nitrogens with one attached hydrogen (secondary N) is 1. The highest BCUT2D eigenvalue weighted by Gasteiger charge is 2.10. The standard InChI is InChI=1S/C17H20N4OS.ClH/c18-8-10-21(9-6-13-4-2-1-3-5-13)12-15-19-14-7-11-23-16(14)17(22)20-15;/h1-5,7,11H,6,8-10,12,18H2,(H,19,20,22);1H. The van der Waals surface area contributed by atoms with Crippen LogP contribution in [-0.4, -0.2) is 34.5 Å². The van der Waals surface area contributed by atoms with Crippen LogP contribution in [0.15, 0.2) is 46.6 Å². The molecule has 0 spiro atoms. The van der Waals surface area contributed by atoms with Gasteiger partial charge in [-0.15, -0.1) is 23.7 Å². The molecule has 3 aromatic rings. The number of rotatable bonds is 7. The number of fused-ring (bicyclic) bond motifs is 1. The van der Waals surface area contributed by atoms with Gasteiger partial charge in [-0.2, -0.15) is 0 Å². The van der Waals surface area contributed by atoms with Crippen LogP contribution in [0.5, 0.6) is 0 Å². The first-order valence-electron chi connectivity index (χ1n) is 7.69. The summed E-state index contributed by atoms with van der Waals surface area (Å²) in [5, 5.41) is 1.89. The minimum Gasteiger partial charge on any atom is -0.329 e. The smallest absolute Gasteiger partial charge is 0.268 e. The lowest BCUT2D eigenvalue weighted by atomic mass is 10.1. The molecule has 0 unspecified atom stereocenters. The van der Waals surface area contributed by atoms with Crippen molar-refractivity contribution >= 4 is 34.0 Å². The first-order valence-corrected chi connectivity index (χ1v) is 8.57. The monoisotopic (exact) mass is 364 g/mol. The van der Waals surface area contributed by atoms with Gasteiger partial charge in [0.2, 0.25) is 0 Å². The van der Waals surface area contributed by atoms with Crippen molar-refractivity contribution < 1.29 is 0 Å². The van der Waals surface area contributed by atoms with E-state index < -0.39 is 0 Å². The number of aromatic nitrogens is 2. The van der Waals surface area contributed by atoms with E-state index in [-0.39, 0.29) is 18.0 Å². The zero-order valence-corrected chi connectivity index (χ0v) is 14.9. The molecular formula is C17H21ClN4OS. The van der Waals surface area contributed by atoms with Gasteiger partial charge in [0.15, 0.2) is 0 Å². The van der Waals surface area contributed by atoms with Gasteiger partial charge >= 0.3 is 0 Å². The molecule has 3 N–H and O–H groups in total. The van der Waals surface area contributed by atoms with E-state index in [1.165, 1.54) is 16.9 Å². The van der Waals surface area contributed by atoms with Gasteiger partial charge in [0.1, 0.15) is 10.5 Å². The molecule has 0 saturated heterocycles. The highest BCUT2D eigenvalue weighted by molar-refractivity contribution is 7.17. The minimum absolute atomic E-state index is 0. The van der Waals surface area contributed by atoms with Crippen LogP contribution in [0.4, 0.5) is 0 Å². The van der Waals surface area contributed by atoms with Crippen LogP contribution in [0.25, 0.3) is 10.2 Å². The Morgan fingerprint density at radius 2 is 1.96 bits per heavy atom. The second-order valence-corrected chi connectivity index (χ2v) is 6.36. The van der Waals surface area contributed by atoms with Crippen LogP contribution in [0, 0.1) is 0 Å². The van der Waals surface area contributed by atoms with Gasteiger partial charge in [0, 0.05) is 19.6 Å². The van der Waals surface area contributed by atoms with Crippen LogP contribution >= 0.6 is 23.7 Å². The average molecular weight is 365 g/mol. The quantitative estimate of drug-likeness (QED) is 0.675. The number of nitrogens with two attached hydrogens (primary N) is 1. The van der Waals surface area contributed by atoms with Gasteiger partial charge in [0.05, 0.1) is 12.1 Å². The molecule has 0 saturated carbocycles. The Bertz CT molecular complexity index is 818. The summed E-state index contributed by atoms with van der Waals surface area (Å²) in [7, 11) is 0. The van der Waals surface area contributed by atoms with Crippen LogP contribution < -0.4 is 11.3 Å². The predicted octanol–water partition coefficient (Wildman–Crippen LogP) is 2.41. The Labute approximate surface area is 150 Å². The van der Waals surface area contributed by atoms with Crippen LogP contribution in [0.3, 0.4) is 0 Å². The zero-order chi connectivity index (χ0) is 16.1.